The normalized spacial score (nSPS) is 18.9. The first kappa shape index (κ1) is 22.3. The Morgan fingerprint density at radius 3 is 1.91 bits per heavy atom. The summed E-state index contributed by atoms with van der Waals surface area (Å²) in [5, 5.41) is 1.02. The molecule has 2 amide bonds. The summed E-state index contributed by atoms with van der Waals surface area (Å²) in [6.07, 6.45) is -4.82. The van der Waals surface area contributed by atoms with Crippen molar-refractivity contribution < 1.29 is 22.7 Å². The molecule has 3 aromatic carbocycles. The number of carbonyl (C=O) groups excluding carboxylic acids is 1. The Morgan fingerprint density at radius 1 is 0.844 bits per heavy atom. The molecule has 32 heavy (non-hydrogen) atoms. The van der Waals surface area contributed by atoms with Gasteiger partial charge in [0.1, 0.15) is 5.75 Å². The van der Waals surface area contributed by atoms with Crippen LogP contribution in [0.15, 0.2) is 72.8 Å². The first-order valence-electron chi connectivity index (χ1n) is 9.63. The number of alkyl halides is 3. The number of ether oxygens (including phenoxy) is 1. The van der Waals surface area contributed by atoms with Crippen molar-refractivity contribution in [3.63, 3.8) is 0 Å². The number of halogens is 5. The maximum absolute atomic E-state index is 13.6. The van der Waals surface area contributed by atoms with E-state index in [4.69, 9.17) is 23.2 Å². The molecular formula is C23H17Cl2F3N2O2. The number of hydrogen-bond donors (Lipinski definition) is 0. The molecule has 0 aromatic heterocycles. The van der Waals surface area contributed by atoms with Crippen molar-refractivity contribution in [3.8, 4) is 5.75 Å². The van der Waals surface area contributed by atoms with Crippen LogP contribution in [0.4, 0.5) is 29.3 Å². The Bertz CT molecular complexity index is 1120. The molecule has 0 bridgehead atoms. The molecule has 1 aliphatic heterocycles. The molecule has 0 radical (unpaired) electrons. The Labute approximate surface area is 192 Å². The second-order valence-electron chi connectivity index (χ2n) is 7.28. The Morgan fingerprint density at radius 2 is 1.38 bits per heavy atom. The van der Waals surface area contributed by atoms with Crippen molar-refractivity contribution in [1.82, 2.24) is 0 Å². The van der Waals surface area contributed by atoms with Gasteiger partial charge in [-0.25, -0.2) is 4.79 Å². The van der Waals surface area contributed by atoms with Crippen LogP contribution in [-0.4, -0.2) is 18.4 Å². The Kier molecular flexibility index (Phi) is 5.97. The predicted octanol–water partition coefficient (Wildman–Crippen LogP) is 7.47. The van der Waals surface area contributed by atoms with Crippen molar-refractivity contribution in [2.24, 2.45) is 0 Å². The fourth-order valence-electron chi connectivity index (χ4n) is 3.91. The molecule has 1 heterocycles. The standard InChI is InChI=1S/C23H17Cl2F3N2O2/c1-14-21(15-3-2-4-20(13-15)32-23(26,27)28)30(19-11-7-17(25)8-12-19)22(31)29(14)18-9-5-16(24)6-10-18/h2-14,21H,1H3. The van der Waals surface area contributed by atoms with Crippen LogP contribution in [0.2, 0.25) is 10.0 Å². The SMILES string of the molecule is CC1C(c2cccc(OC(F)(F)F)c2)N(c2ccc(Cl)cc2)C(=O)N1c1ccc(Cl)cc1. The highest BCUT2D eigenvalue weighted by Gasteiger charge is 2.46. The molecule has 0 spiro atoms. The largest absolute Gasteiger partial charge is 0.573 e. The highest BCUT2D eigenvalue weighted by Crippen LogP contribution is 2.42. The second kappa shape index (κ2) is 8.56. The van der Waals surface area contributed by atoms with E-state index < -0.39 is 18.4 Å². The lowest BCUT2D eigenvalue weighted by Crippen LogP contribution is -2.33. The monoisotopic (exact) mass is 480 g/mol. The molecule has 4 rings (SSSR count). The smallest absolute Gasteiger partial charge is 0.406 e. The molecular weight excluding hydrogens is 464 g/mol. The molecule has 3 aromatic rings. The number of benzene rings is 3. The van der Waals surface area contributed by atoms with Crippen LogP contribution in [0.25, 0.3) is 0 Å². The number of urea groups is 1. The lowest BCUT2D eigenvalue weighted by atomic mass is 9.99. The number of hydrogen-bond acceptors (Lipinski definition) is 2. The van der Waals surface area contributed by atoms with Gasteiger partial charge in [0.15, 0.2) is 0 Å². The summed E-state index contributed by atoms with van der Waals surface area (Å²) in [7, 11) is 0. The van der Waals surface area contributed by atoms with Gasteiger partial charge in [0.2, 0.25) is 0 Å². The van der Waals surface area contributed by atoms with Gasteiger partial charge in [-0.05, 0) is 73.2 Å². The van der Waals surface area contributed by atoms with Gasteiger partial charge < -0.3 is 4.74 Å². The lowest BCUT2D eigenvalue weighted by Gasteiger charge is -2.26. The van der Waals surface area contributed by atoms with E-state index in [1.807, 2.05) is 6.92 Å². The van der Waals surface area contributed by atoms with E-state index in [9.17, 15) is 18.0 Å². The maximum Gasteiger partial charge on any atom is 0.573 e. The summed E-state index contributed by atoms with van der Waals surface area (Å²) in [6.45, 7) is 1.84. The van der Waals surface area contributed by atoms with Crippen LogP contribution in [0, 0.1) is 0 Å². The average molecular weight is 481 g/mol. The highest BCUT2D eigenvalue weighted by molar-refractivity contribution is 6.31. The molecule has 0 N–H and O–H groups in total. The van der Waals surface area contributed by atoms with Crippen LogP contribution in [0.1, 0.15) is 18.5 Å². The predicted molar refractivity (Wildman–Crippen MR) is 119 cm³/mol. The third kappa shape index (κ3) is 4.49. The van der Waals surface area contributed by atoms with Crippen molar-refractivity contribution >= 4 is 40.6 Å². The second-order valence-corrected chi connectivity index (χ2v) is 8.15. The van der Waals surface area contributed by atoms with Gasteiger partial charge in [0.05, 0.1) is 12.1 Å². The van der Waals surface area contributed by atoms with E-state index in [0.717, 1.165) is 0 Å². The molecule has 0 saturated carbocycles. The minimum atomic E-state index is -4.82. The average Bonchev–Trinajstić information content (AvgIpc) is 2.98. The number of rotatable bonds is 4. The van der Waals surface area contributed by atoms with Gasteiger partial charge >= 0.3 is 12.4 Å². The van der Waals surface area contributed by atoms with Crippen LogP contribution in [-0.2, 0) is 0 Å². The van der Waals surface area contributed by atoms with Crippen LogP contribution in [0.3, 0.4) is 0 Å². The molecule has 0 aliphatic carbocycles. The van der Waals surface area contributed by atoms with Crippen molar-refractivity contribution in [3.05, 3.63) is 88.4 Å². The molecule has 1 fully saturated rings. The van der Waals surface area contributed by atoms with Crippen molar-refractivity contribution in [2.45, 2.75) is 25.4 Å². The zero-order chi connectivity index (χ0) is 23.0. The summed E-state index contributed by atoms with van der Waals surface area (Å²) in [4.78, 5) is 16.7. The zero-order valence-corrected chi connectivity index (χ0v) is 18.2. The molecule has 2 atom stereocenters. The fourth-order valence-corrected chi connectivity index (χ4v) is 4.16. The summed E-state index contributed by atoms with van der Waals surface area (Å²) in [5.74, 6) is -0.351. The molecule has 1 saturated heterocycles. The quantitative estimate of drug-likeness (QED) is 0.387. The third-order valence-corrected chi connectivity index (χ3v) is 5.70. The number of nitrogens with zero attached hydrogens (tertiary/aromatic N) is 2. The minimum absolute atomic E-state index is 0.325. The minimum Gasteiger partial charge on any atom is -0.406 e. The zero-order valence-electron chi connectivity index (χ0n) is 16.7. The fraction of sp³-hybridized carbons (Fsp3) is 0.174. The topological polar surface area (TPSA) is 32.8 Å². The van der Waals surface area contributed by atoms with E-state index in [-0.39, 0.29) is 11.8 Å². The van der Waals surface area contributed by atoms with E-state index in [1.54, 1.807) is 64.4 Å². The highest BCUT2D eigenvalue weighted by atomic mass is 35.5. The summed E-state index contributed by atoms with van der Waals surface area (Å²) < 4.78 is 42.4. The van der Waals surface area contributed by atoms with Crippen LogP contribution >= 0.6 is 23.2 Å². The Hall–Kier alpha value is -2.90. The molecule has 4 nitrogen and oxygen atoms in total. The summed E-state index contributed by atoms with van der Waals surface area (Å²) >= 11 is 12.0. The lowest BCUT2D eigenvalue weighted by molar-refractivity contribution is -0.274. The van der Waals surface area contributed by atoms with Gasteiger partial charge in [-0.1, -0.05) is 35.3 Å². The van der Waals surface area contributed by atoms with Crippen molar-refractivity contribution in [2.75, 3.05) is 9.80 Å². The van der Waals surface area contributed by atoms with Gasteiger partial charge in [0, 0.05) is 21.4 Å². The third-order valence-electron chi connectivity index (χ3n) is 5.20. The first-order valence-corrected chi connectivity index (χ1v) is 10.4. The molecule has 1 aliphatic rings. The molecule has 166 valence electrons. The number of carbonyl (C=O) groups is 1. The van der Waals surface area contributed by atoms with E-state index >= 15 is 0 Å². The van der Waals surface area contributed by atoms with Gasteiger partial charge in [-0.3, -0.25) is 9.80 Å². The van der Waals surface area contributed by atoms with Gasteiger partial charge in [0.25, 0.3) is 0 Å². The van der Waals surface area contributed by atoms with E-state index in [0.29, 0.717) is 27.0 Å². The summed E-state index contributed by atoms with van der Waals surface area (Å²) in [6, 6.07) is 17.8. The number of amides is 2. The number of anilines is 2. The van der Waals surface area contributed by atoms with E-state index in [2.05, 4.69) is 4.74 Å². The van der Waals surface area contributed by atoms with Crippen LogP contribution in [0.5, 0.6) is 5.75 Å². The maximum atomic E-state index is 13.6. The van der Waals surface area contributed by atoms with Gasteiger partial charge in [-0.15, -0.1) is 13.2 Å². The summed E-state index contributed by atoms with van der Waals surface area (Å²) in [5.41, 5.74) is 1.69. The van der Waals surface area contributed by atoms with E-state index in [1.165, 1.54) is 18.2 Å². The molecule has 9 heteroatoms. The van der Waals surface area contributed by atoms with Gasteiger partial charge in [-0.2, -0.15) is 0 Å². The Balaban J connectivity index is 1.80. The van der Waals surface area contributed by atoms with Crippen molar-refractivity contribution in [1.29, 1.82) is 0 Å². The van der Waals surface area contributed by atoms with Crippen LogP contribution < -0.4 is 14.5 Å². The first-order chi connectivity index (χ1) is 15.1. The molecule has 2 unspecified atom stereocenters.